The number of hydrogen-bond acceptors (Lipinski definition) is 4. The van der Waals surface area contributed by atoms with Crippen molar-refractivity contribution in [3.05, 3.63) is 54.1 Å². The van der Waals surface area contributed by atoms with E-state index in [4.69, 9.17) is 0 Å². The molecular formula is C20H22BrN5O2S. The summed E-state index contributed by atoms with van der Waals surface area (Å²) in [4.78, 5) is 4.68. The molecule has 5 rings (SSSR count). The SMILES string of the molecule is Cc1ccc(S(=O)(=O)n2ccc3c2ncc2[nH+]nc(C4CCCCC4)n23)cc1.[Br-]. The first-order valence-electron chi connectivity index (χ1n) is 9.64. The van der Waals surface area contributed by atoms with Gasteiger partial charge in [0.1, 0.15) is 6.20 Å². The van der Waals surface area contributed by atoms with E-state index < -0.39 is 10.0 Å². The standard InChI is InChI=1S/C20H21N5O2S.BrH/c1-14-7-9-16(10-8-14)28(26,27)24-12-11-17-20(24)21-13-18-22-23-19(25(17)18)15-5-3-2-4-6-15;/h7-13,15H,2-6H2,1H3;1H. The van der Waals surface area contributed by atoms with Gasteiger partial charge < -0.3 is 17.0 Å². The van der Waals surface area contributed by atoms with Crippen LogP contribution in [0.2, 0.25) is 0 Å². The fourth-order valence-electron chi connectivity index (χ4n) is 4.15. The Morgan fingerprint density at radius 2 is 1.79 bits per heavy atom. The number of rotatable bonds is 3. The zero-order chi connectivity index (χ0) is 19.3. The van der Waals surface area contributed by atoms with Crippen LogP contribution in [0, 0.1) is 6.92 Å². The van der Waals surface area contributed by atoms with Crippen molar-refractivity contribution < 1.29 is 30.5 Å². The molecule has 3 heterocycles. The van der Waals surface area contributed by atoms with E-state index in [1.165, 1.54) is 23.2 Å². The lowest BCUT2D eigenvalue weighted by Crippen LogP contribution is -3.00. The van der Waals surface area contributed by atoms with Crippen LogP contribution in [0.25, 0.3) is 16.8 Å². The van der Waals surface area contributed by atoms with Crippen molar-refractivity contribution in [3.8, 4) is 0 Å². The summed E-state index contributed by atoms with van der Waals surface area (Å²) in [5.41, 5.74) is 2.96. The van der Waals surface area contributed by atoms with E-state index >= 15 is 0 Å². The first-order chi connectivity index (χ1) is 13.6. The van der Waals surface area contributed by atoms with Gasteiger partial charge in [-0.3, -0.25) is 0 Å². The second-order valence-corrected chi connectivity index (χ2v) is 9.35. The fourth-order valence-corrected chi connectivity index (χ4v) is 5.44. The number of aromatic nitrogens is 5. The Hall–Kier alpha value is -2.26. The molecule has 0 aliphatic heterocycles. The summed E-state index contributed by atoms with van der Waals surface area (Å²) in [6.45, 7) is 1.93. The number of benzene rings is 1. The normalized spacial score (nSPS) is 15.6. The van der Waals surface area contributed by atoms with Gasteiger partial charge in [0.25, 0.3) is 10.0 Å². The van der Waals surface area contributed by atoms with Crippen molar-refractivity contribution in [2.45, 2.75) is 49.8 Å². The Kier molecular flexibility index (Phi) is 5.20. The predicted octanol–water partition coefficient (Wildman–Crippen LogP) is 0.0952. The molecule has 3 aromatic heterocycles. The first kappa shape index (κ1) is 20.0. The van der Waals surface area contributed by atoms with Gasteiger partial charge in [0, 0.05) is 18.2 Å². The minimum atomic E-state index is -3.72. The number of H-pyrrole nitrogens is 1. The van der Waals surface area contributed by atoms with Gasteiger partial charge in [-0.1, -0.05) is 37.0 Å². The van der Waals surface area contributed by atoms with Crippen LogP contribution >= 0.6 is 0 Å². The van der Waals surface area contributed by atoms with E-state index in [-0.39, 0.29) is 21.9 Å². The third-order valence-corrected chi connectivity index (χ3v) is 7.34. The molecule has 0 radical (unpaired) electrons. The van der Waals surface area contributed by atoms with Crippen molar-refractivity contribution in [2.75, 3.05) is 0 Å². The fraction of sp³-hybridized carbons (Fsp3) is 0.350. The summed E-state index contributed by atoms with van der Waals surface area (Å²) in [6.07, 6.45) is 9.14. The van der Waals surface area contributed by atoms with Crippen molar-refractivity contribution in [1.82, 2.24) is 18.5 Å². The summed E-state index contributed by atoms with van der Waals surface area (Å²) in [5, 5.41) is 7.60. The van der Waals surface area contributed by atoms with E-state index in [9.17, 15) is 8.42 Å². The molecule has 1 aromatic carbocycles. The molecule has 0 atom stereocenters. The van der Waals surface area contributed by atoms with E-state index in [1.807, 2.05) is 17.4 Å². The van der Waals surface area contributed by atoms with Gasteiger partial charge in [0.2, 0.25) is 5.82 Å². The molecule has 4 aromatic rings. The lowest BCUT2D eigenvalue weighted by molar-refractivity contribution is -0.422. The molecular weight excluding hydrogens is 454 g/mol. The summed E-state index contributed by atoms with van der Waals surface area (Å²) in [5.74, 6) is 1.35. The van der Waals surface area contributed by atoms with E-state index in [2.05, 4.69) is 15.2 Å². The predicted molar refractivity (Wildman–Crippen MR) is 105 cm³/mol. The van der Waals surface area contributed by atoms with Crippen LogP contribution in [0.4, 0.5) is 0 Å². The largest absolute Gasteiger partial charge is 1.00 e. The molecule has 1 saturated carbocycles. The highest BCUT2D eigenvalue weighted by molar-refractivity contribution is 7.90. The Morgan fingerprint density at radius 1 is 1.07 bits per heavy atom. The second-order valence-electron chi connectivity index (χ2n) is 7.53. The monoisotopic (exact) mass is 475 g/mol. The maximum Gasteiger partial charge on any atom is 0.325 e. The van der Waals surface area contributed by atoms with Crippen molar-refractivity contribution >= 4 is 26.8 Å². The number of fused-ring (bicyclic) bond motifs is 3. The zero-order valence-corrected chi connectivity index (χ0v) is 18.4. The maximum atomic E-state index is 13.2. The second kappa shape index (κ2) is 7.53. The Bertz CT molecular complexity index is 1270. The molecule has 0 spiro atoms. The van der Waals surface area contributed by atoms with Crippen LogP contribution in [-0.2, 0) is 10.0 Å². The lowest BCUT2D eigenvalue weighted by Gasteiger charge is -2.17. The molecule has 0 bridgehead atoms. The molecule has 0 amide bonds. The molecule has 1 fully saturated rings. The highest BCUT2D eigenvalue weighted by Crippen LogP contribution is 2.32. The molecule has 152 valence electrons. The Labute approximate surface area is 179 Å². The quantitative estimate of drug-likeness (QED) is 0.420. The van der Waals surface area contributed by atoms with Crippen LogP contribution in [0.15, 0.2) is 47.6 Å². The molecule has 7 nitrogen and oxygen atoms in total. The first-order valence-corrected chi connectivity index (χ1v) is 11.1. The molecule has 1 aliphatic rings. The van der Waals surface area contributed by atoms with Gasteiger partial charge in [-0.05, 0) is 37.0 Å². The number of halogens is 1. The van der Waals surface area contributed by atoms with E-state index in [1.54, 1.807) is 36.7 Å². The molecule has 0 unspecified atom stereocenters. The van der Waals surface area contributed by atoms with E-state index in [0.717, 1.165) is 35.4 Å². The number of aryl methyl sites for hydroxylation is 1. The summed E-state index contributed by atoms with van der Waals surface area (Å²) < 4.78 is 29.6. The highest BCUT2D eigenvalue weighted by Gasteiger charge is 2.29. The Morgan fingerprint density at radius 3 is 2.52 bits per heavy atom. The van der Waals surface area contributed by atoms with Crippen LogP contribution in [0.3, 0.4) is 0 Å². The smallest absolute Gasteiger partial charge is 0.325 e. The number of nitrogens with one attached hydrogen (secondary N) is 1. The summed E-state index contributed by atoms with van der Waals surface area (Å²) in [7, 11) is -3.72. The molecule has 29 heavy (non-hydrogen) atoms. The van der Waals surface area contributed by atoms with Crippen molar-refractivity contribution in [3.63, 3.8) is 0 Å². The Balaban J connectivity index is 0.00000205. The minimum absolute atomic E-state index is 0. The lowest BCUT2D eigenvalue weighted by atomic mass is 9.89. The molecule has 1 aliphatic carbocycles. The zero-order valence-electron chi connectivity index (χ0n) is 16.0. The average molecular weight is 476 g/mol. The number of nitrogens with zero attached hydrogens (tertiary/aromatic N) is 4. The van der Waals surface area contributed by atoms with Crippen LogP contribution in [-0.4, -0.2) is 26.9 Å². The third-order valence-electron chi connectivity index (χ3n) is 5.66. The van der Waals surface area contributed by atoms with Gasteiger partial charge in [0.05, 0.1) is 4.90 Å². The van der Waals surface area contributed by atoms with Gasteiger partial charge in [0.15, 0.2) is 11.2 Å². The van der Waals surface area contributed by atoms with Crippen LogP contribution in [0.1, 0.15) is 49.4 Å². The van der Waals surface area contributed by atoms with Gasteiger partial charge in [-0.15, -0.1) is 5.10 Å². The molecule has 1 N–H and O–H groups in total. The maximum absolute atomic E-state index is 13.2. The average Bonchev–Trinajstić information content (AvgIpc) is 3.33. The van der Waals surface area contributed by atoms with Gasteiger partial charge in [-0.25, -0.2) is 17.4 Å². The molecule has 9 heteroatoms. The van der Waals surface area contributed by atoms with Crippen LogP contribution < -0.4 is 22.1 Å². The third kappa shape index (κ3) is 3.26. The summed E-state index contributed by atoms with van der Waals surface area (Å²) in [6, 6.07) is 8.68. The van der Waals surface area contributed by atoms with Crippen molar-refractivity contribution in [1.29, 1.82) is 0 Å². The topological polar surface area (TPSA) is 83.4 Å². The summed E-state index contributed by atoms with van der Waals surface area (Å²) >= 11 is 0. The number of aromatic amines is 1. The highest BCUT2D eigenvalue weighted by atomic mass is 79.9. The minimum Gasteiger partial charge on any atom is -1.00 e. The van der Waals surface area contributed by atoms with Gasteiger partial charge in [-0.2, -0.15) is 4.40 Å². The van der Waals surface area contributed by atoms with E-state index in [0.29, 0.717) is 11.6 Å². The van der Waals surface area contributed by atoms with Crippen LogP contribution in [0.5, 0.6) is 0 Å². The molecule has 0 saturated heterocycles. The van der Waals surface area contributed by atoms with Crippen molar-refractivity contribution in [2.24, 2.45) is 0 Å². The number of hydrogen-bond donors (Lipinski definition) is 0. The van der Waals surface area contributed by atoms with Gasteiger partial charge >= 0.3 is 5.65 Å².